The molecule has 1 amide bonds. The Morgan fingerprint density at radius 2 is 1.82 bits per heavy atom. The van der Waals surface area contributed by atoms with Gasteiger partial charge in [0.25, 0.3) is 5.91 Å². The molecule has 0 atom stereocenters. The number of para-hydroxylation sites is 1. The second-order valence-corrected chi connectivity index (χ2v) is 8.91. The molecule has 0 fully saturated rings. The Labute approximate surface area is 210 Å². The molecule has 0 aromatic heterocycles. The summed E-state index contributed by atoms with van der Waals surface area (Å²) in [4.78, 5) is 28.2. The number of anilines is 2. The van der Waals surface area contributed by atoms with Crippen molar-refractivity contribution in [1.82, 2.24) is 0 Å². The number of carboxylic acids is 1. The molecule has 176 valence electrons. The summed E-state index contributed by atoms with van der Waals surface area (Å²) in [6, 6.07) is 19.8. The Kier molecular flexibility index (Phi) is 7.59. The third-order valence-electron chi connectivity index (χ3n) is 5.33. The number of ether oxygens (including phenoxy) is 2. The number of hydrogen-bond acceptors (Lipinski definition) is 5. The number of carboxylic acid groups (broad SMARTS) is 1. The van der Waals surface area contributed by atoms with Crippen LogP contribution in [0.5, 0.6) is 11.5 Å². The molecule has 3 aromatic carbocycles. The number of benzene rings is 3. The molecule has 0 bridgehead atoms. The standard InChI is InChI=1S/C25H22BrClN2O5/c26-18-6-10-20(11-7-18)29(25(32)17-4-8-19(27)9-5-17)13-12-28-14-15-33-24-21(28)2-1-3-22(24)34-16-23(30)31/h1-11H,12-16H2,(H,30,31). The molecule has 0 aliphatic carbocycles. The summed E-state index contributed by atoms with van der Waals surface area (Å²) in [5, 5.41) is 9.51. The molecule has 1 aliphatic heterocycles. The van der Waals surface area contributed by atoms with E-state index in [9.17, 15) is 9.59 Å². The molecular formula is C25H22BrClN2O5. The van der Waals surface area contributed by atoms with Crippen molar-refractivity contribution in [3.05, 3.63) is 81.8 Å². The van der Waals surface area contributed by atoms with Crippen molar-refractivity contribution in [2.45, 2.75) is 0 Å². The molecule has 0 spiro atoms. The van der Waals surface area contributed by atoms with Crippen LogP contribution in [0.4, 0.5) is 11.4 Å². The van der Waals surface area contributed by atoms with Crippen molar-refractivity contribution >= 4 is 50.8 Å². The highest BCUT2D eigenvalue weighted by Crippen LogP contribution is 2.40. The van der Waals surface area contributed by atoms with E-state index in [2.05, 4.69) is 20.8 Å². The predicted octanol–water partition coefficient (Wildman–Crippen LogP) is 5.11. The van der Waals surface area contributed by atoms with Crippen LogP contribution in [0.2, 0.25) is 5.02 Å². The molecule has 1 heterocycles. The second-order valence-electron chi connectivity index (χ2n) is 7.56. The largest absolute Gasteiger partial charge is 0.486 e. The van der Waals surface area contributed by atoms with Crippen molar-refractivity contribution in [1.29, 1.82) is 0 Å². The summed E-state index contributed by atoms with van der Waals surface area (Å²) in [5.74, 6) is -0.303. The number of aliphatic carboxylic acids is 1. The fraction of sp³-hybridized carbons (Fsp3) is 0.200. The van der Waals surface area contributed by atoms with E-state index in [1.165, 1.54) is 0 Å². The van der Waals surface area contributed by atoms with Gasteiger partial charge in [-0.1, -0.05) is 33.6 Å². The molecule has 3 aromatic rings. The van der Waals surface area contributed by atoms with E-state index >= 15 is 0 Å². The Morgan fingerprint density at radius 3 is 2.53 bits per heavy atom. The van der Waals surface area contributed by atoms with Crippen LogP contribution >= 0.6 is 27.5 Å². The maximum atomic E-state index is 13.4. The molecule has 1 aliphatic rings. The van der Waals surface area contributed by atoms with Gasteiger partial charge in [0.2, 0.25) is 0 Å². The third-order valence-corrected chi connectivity index (χ3v) is 6.11. The van der Waals surface area contributed by atoms with E-state index in [0.29, 0.717) is 48.3 Å². The first-order valence-corrected chi connectivity index (χ1v) is 11.8. The summed E-state index contributed by atoms with van der Waals surface area (Å²) in [5.41, 5.74) is 2.11. The molecule has 7 nitrogen and oxygen atoms in total. The van der Waals surface area contributed by atoms with Crippen LogP contribution in [0.15, 0.2) is 71.2 Å². The number of nitrogens with zero attached hydrogens (tertiary/aromatic N) is 2. The third kappa shape index (κ3) is 5.63. The highest BCUT2D eigenvalue weighted by molar-refractivity contribution is 9.10. The molecule has 4 rings (SSSR count). The van der Waals surface area contributed by atoms with Gasteiger partial charge in [0, 0.05) is 33.8 Å². The van der Waals surface area contributed by atoms with Gasteiger partial charge < -0.3 is 24.4 Å². The van der Waals surface area contributed by atoms with E-state index in [0.717, 1.165) is 15.8 Å². The first kappa shape index (κ1) is 23.9. The normalized spacial score (nSPS) is 12.5. The minimum Gasteiger partial charge on any atom is -0.486 e. The van der Waals surface area contributed by atoms with Gasteiger partial charge in [-0.2, -0.15) is 0 Å². The Bertz CT molecular complexity index is 1170. The van der Waals surface area contributed by atoms with Gasteiger partial charge in [-0.25, -0.2) is 4.79 Å². The van der Waals surface area contributed by atoms with Crippen molar-refractivity contribution in [3.8, 4) is 11.5 Å². The number of hydrogen-bond donors (Lipinski definition) is 1. The molecule has 1 N–H and O–H groups in total. The summed E-state index contributed by atoms with van der Waals surface area (Å²) in [6.45, 7) is 1.55. The van der Waals surface area contributed by atoms with Gasteiger partial charge in [0.1, 0.15) is 6.61 Å². The van der Waals surface area contributed by atoms with Gasteiger partial charge in [0.05, 0.1) is 12.2 Å². The fourth-order valence-corrected chi connectivity index (χ4v) is 4.09. The minimum absolute atomic E-state index is 0.133. The van der Waals surface area contributed by atoms with Gasteiger partial charge in [0.15, 0.2) is 18.1 Å². The highest BCUT2D eigenvalue weighted by Gasteiger charge is 2.24. The average molecular weight is 546 g/mol. The average Bonchev–Trinajstić information content (AvgIpc) is 2.84. The van der Waals surface area contributed by atoms with Crippen molar-refractivity contribution in [3.63, 3.8) is 0 Å². The second kappa shape index (κ2) is 10.8. The topological polar surface area (TPSA) is 79.3 Å². The van der Waals surface area contributed by atoms with E-state index in [4.69, 9.17) is 26.2 Å². The minimum atomic E-state index is -1.06. The van der Waals surface area contributed by atoms with Crippen LogP contribution < -0.4 is 19.3 Å². The summed E-state index contributed by atoms with van der Waals surface area (Å²) in [6.07, 6.45) is 0. The van der Waals surface area contributed by atoms with E-state index < -0.39 is 12.6 Å². The van der Waals surface area contributed by atoms with Crippen molar-refractivity contribution < 1.29 is 24.2 Å². The zero-order valence-corrected chi connectivity index (χ0v) is 20.5. The number of amides is 1. The maximum absolute atomic E-state index is 13.4. The highest BCUT2D eigenvalue weighted by atomic mass is 79.9. The zero-order chi connectivity index (χ0) is 24.1. The lowest BCUT2D eigenvalue weighted by Crippen LogP contribution is -2.41. The lowest BCUT2D eigenvalue weighted by atomic mass is 10.1. The van der Waals surface area contributed by atoms with Gasteiger partial charge >= 0.3 is 5.97 Å². The fourth-order valence-electron chi connectivity index (χ4n) is 3.70. The van der Waals surface area contributed by atoms with Crippen LogP contribution in [0.3, 0.4) is 0 Å². The van der Waals surface area contributed by atoms with Gasteiger partial charge in [-0.15, -0.1) is 0 Å². The molecule has 9 heteroatoms. The Morgan fingerprint density at radius 1 is 1.09 bits per heavy atom. The predicted molar refractivity (Wildman–Crippen MR) is 135 cm³/mol. The quantitative estimate of drug-likeness (QED) is 0.424. The SMILES string of the molecule is O=C(O)COc1cccc2c1OCCN2CCN(C(=O)c1ccc(Cl)cc1)c1ccc(Br)cc1. The number of carbonyl (C=O) groups excluding carboxylic acids is 1. The number of rotatable bonds is 8. The van der Waals surface area contributed by atoms with Crippen LogP contribution in [0.1, 0.15) is 10.4 Å². The van der Waals surface area contributed by atoms with Gasteiger partial charge in [-0.05, 0) is 60.7 Å². The van der Waals surface area contributed by atoms with Crippen LogP contribution in [-0.2, 0) is 4.79 Å². The molecular weight excluding hydrogens is 524 g/mol. The van der Waals surface area contributed by atoms with Crippen LogP contribution in [-0.4, -0.2) is 49.8 Å². The van der Waals surface area contributed by atoms with E-state index in [1.54, 1.807) is 41.3 Å². The summed E-state index contributed by atoms with van der Waals surface area (Å²) < 4.78 is 12.1. The summed E-state index contributed by atoms with van der Waals surface area (Å²) >= 11 is 9.45. The zero-order valence-electron chi connectivity index (χ0n) is 18.1. The van der Waals surface area contributed by atoms with Crippen molar-refractivity contribution in [2.75, 3.05) is 42.6 Å². The number of halogens is 2. The van der Waals surface area contributed by atoms with Crippen LogP contribution in [0.25, 0.3) is 0 Å². The Hall–Kier alpha value is -3.23. The van der Waals surface area contributed by atoms with E-state index in [1.807, 2.05) is 30.3 Å². The number of fused-ring (bicyclic) bond motifs is 1. The smallest absolute Gasteiger partial charge is 0.341 e. The van der Waals surface area contributed by atoms with Crippen LogP contribution in [0, 0.1) is 0 Å². The molecule has 0 unspecified atom stereocenters. The monoisotopic (exact) mass is 544 g/mol. The molecule has 0 radical (unpaired) electrons. The molecule has 0 saturated heterocycles. The summed E-state index contributed by atoms with van der Waals surface area (Å²) in [7, 11) is 0. The van der Waals surface area contributed by atoms with Crippen molar-refractivity contribution in [2.24, 2.45) is 0 Å². The lowest BCUT2D eigenvalue weighted by Gasteiger charge is -2.34. The maximum Gasteiger partial charge on any atom is 0.341 e. The van der Waals surface area contributed by atoms with Gasteiger partial charge in [-0.3, -0.25) is 4.79 Å². The molecule has 0 saturated carbocycles. The first-order chi connectivity index (χ1) is 16.4. The Balaban J connectivity index is 1.57. The first-order valence-electron chi connectivity index (χ1n) is 10.6. The molecule has 34 heavy (non-hydrogen) atoms. The van der Waals surface area contributed by atoms with E-state index in [-0.39, 0.29) is 5.91 Å². The lowest BCUT2D eigenvalue weighted by molar-refractivity contribution is -0.139. The number of carbonyl (C=O) groups is 2.